The van der Waals surface area contributed by atoms with Gasteiger partial charge in [-0.3, -0.25) is 9.69 Å². The normalized spacial score (nSPS) is 22.9. The van der Waals surface area contributed by atoms with Crippen molar-refractivity contribution in [3.63, 3.8) is 0 Å². The molecule has 6 heteroatoms. The Morgan fingerprint density at radius 3 is 2.95 bits per heavy atom. The molecule has 0 N–H and O–H groups in total. The van der Waals surface area contributed by atoms with Gasteiger partial charge in [-0.1, -0.05) is 41.6 Å². The number of thioether (sulfide) groups is 1. The molecule has 1 aromatic carbocycles. The first kappa shape index (κ1) is 15.6. The van der Waals surface area contributed by atoms with Gasteiger partial charge in [0.15, 0.2) is 0 Å². The van der Waals surface area contributed by atoms with Crippen molar-refractivity contribution in [3.8, 4) is 0 Å². The third-order valence-electron chi connectivity index (χ3n) is 4.03. The quantitative estimate of drug-likeness (QED) is 0.794. The number of nitrogens with zero attached hydrogens (tertiary/aromatic N) is 1. The van der Waals surface area contributed by atoms with Crippen LogP contribution >= 0.6 is 23.4 Å². The third kappa shape index (κ3) is 2.93. The molecule has 0 spiro atoms. The predicted octanol–water partition coefficient (Wildman–Crippen LogP) is 2.83. The van der Waals surface area contributed by atoms with Crippen LogP contribution in [0.4, 0.5) is 0 Å². The summed E-state index contributed by atoms with van der Waals surface area (Å²) < 4.78 is 4.98. The highest BCUT2D eigenvalue weighted by Crippen LogP contribution is 2.38. The van der Waals surface area contributed by atoms with Crippen molar-refractivity contribution in [2.45, 2.75) is 17.7 Å². The van der Waals surface area contributed by atoms with Crippen LogP contribution in [-0.4, -0.2) is 41.4 Å². The number of fused-ring (bicyclic) bond motifs is 1. The third-order valence-corrected chi connectivity index (χ3v) is 5.55. The summed E-state index contributed by atoms with van der Waals surface area (Å²) in [4.78, 5) is 25.9. The van der Waals surface area contributed by atoms with Gasteiger partial charge >= 0.3 is 5.97 Å². The Balaban J connectivity index is 1.91. The van der Waals surface area contributed by atoms with Gasteiger partial charge in [0.05, 0.1) is 7.11 Å². The van der Waals surface area contributed by atoms with E-state index in [9.17, 15) is 9.59 Å². The molecule has 0 aliphatic carbocycles. The van der Waals surface area contributed by atoms with E-state index in [1.54, 1.807) is 12.1 Å². The van der Waals surface area contributed by atoms with Crippen molar-refractivity contribution >= 4 is 34.4 Å². The van der Waals surface area contributed by atoms with E-state index < -0.39 is 6.04 Å². The monoisotopic (exact) mass is 337 g/mol. The van der Waals surface area contributed by atoms with Crippen LogP contribution in [0.5, 0.6) is 0 Å². The van der Waals surface area contributed by atoms with Crippen LogP contribution in [0.3, 0.4) is 0 Å². The molecule has 0 bridgehead atoms. The SMILES string of the molecule is COC(=O)[C@@H](c1ccccc1Cl)N1CC[C@H]2SC(=O)C=C2C1. The smallest absolute Gasteiger partial charge is 0.327 e. The van der Waals surface area contributed by atoms with Crippen LogP contribution in [0.1, 0.15) is 18.0 Å². The maximum Gasteiger partial charge on any atom is 0.327 e. The molecule has 4 nitrogen and oxygen atoms in total. The van der Waals surface area contributed by atoms with Crippen molar-refractivity contribution in [2.75, 3.05) is 20.2 Å². The fourth-order valence-electron chi connectivity index (χ4n) is 2.98. The second-order valence-corrected chi connectivity index (χ2v) is 6.97. The molecule has 1 aromatic rings. The lowest BCUT2D eigenvalue weighted by Gasteiger charge is -2.36. The lowest BCUT2D eigenvalue weighted by molar-refractivity contribution is -0.147. The predicted molar refractivity (Wildman–Crippen MR) is 86.9 cm³/mol. The Bertz CT molecular complexity index is 646. The van der Waals surface area contributed by atoms with Gasteiger partial charge < -0.3 is 4.74 Å². The maximum absolute atomic E-state index is 12.3. The van der Waals surface area contributed by atoms with Crippen molar-refractivity contribution in [1.82, 2.24) is 4.90 Å². The van der Waals surface area contributed by atoms with E-state index in [4.69, 9.17) is 16.3 Å². The molecule has 3 rings (SSSR count). The van der Waals surface area contributed by atoms with Gasteiger partial charge in [0, 0.05) is 23.4 Å². The Morgan fingerprint density at radius 2 is 2.23 bits per heavy atom. The van der Waals surface area contributed by atoms with Crippen molar-refractivity contribution in [2.24, 2.45) is 0 Å². The standard InChI is InChI=1S/C16H16ClNO3S/c1-21-16(20)15(11-4-2-3-5-12(11)17)18-7-6-13-10(9-18)8-14(19)22-13/h2-5,8,13,15H,6-7,9H2,1H3/t13-,15-/m1/s1. The van der Waals surface area contributed by atoms with Crippen LogP contribution < -0.4 is 0 Å². The lowest BCUT2D eigenvalue weighted by Crippen LogP contribution is -2.42. The zero-order chi connectivity index (χ0) is 15.7. The lowest BCUT2D eigenvalue weighted by atomic mass is 9.98. The van der Waals surface area contributed by atoms with Crippen LogP contribution in [0, 0.1) is 0 Å². The number of likely N-dealkylation sites (tertiary alicyclic amines) is 1. The highest BCUT2D eigenvalue weighted by Gasteiger charge is 2.37. The Morgan fingerprint density at radius 1 is 1.45 bits per heavy atom. The van der Waals surface area contributed by atoms with E-state index >= 15 is 0 Å². The molecule has 2 aliphatic heterocycles. The first-order valence-electron chi connectivity index (χ1n) is 7.07. The molecule has 2 atom stereocenters. The average molecular weight is 338 g/mol. The zero-order valence-corrected chi connectivity index (χ0v) is 13.7. The summed E-state index contributed by atoms with van der Waals surface area (Å²) >= 11 is 7.64. The van der Waals surface area contributed by atoms with Crippen LogP contribution in [0.15, 0.2) is 35.9 Å². The van der Waals surface area contributed by atoms with E-state index in [-0.39, 0.29) is 16.3 Å². The van der Waals surface area contributed by atoms with Gasteiger partial charge in [-0.2, -0.15) is 0 Å². The molecule has 0 unspecified atom stereocenters. The summed E-state index contributed by atoms with van der Waals surface area (Å²) in [7, 11) is 1.38. The molecular weight excluding hydrogens is 322 g/mol. The van der Waals surface area contributed by atoms with Crippen LogP contribution in [0.2, 0.25) is 5.02 Å². The minimum Gasteiger partial charge on any atom is -0.468 e. The molecule has 1 fully saturated rings. The fraction of sp³-hybridized carbons (Fsp3) is 0.375. The summed E-state index contributed by atoms with van der Waals surface area (Å²) in [6, 6.07) is 6.77. The number of methoxy groups -OCH3 is 1. The number of hydrogen-bond donors (Lipinski definition) is 0. The molecular formula is C16H16ClNO3S. The summed E-state index contributed by atoms with van der Waals surface area (Å²) in [5, 5.41) is 0.911. The van der Waals surface area contributed by atoms with Gasteiger partial charge in [0.25, 0.3) is 0 Å². The highest BCUT2D eigenvalue weighted by atomic mass is 35.5. The van der Waals surface area contributed by atoms with Gasteiger partial charge in [0.1, 0.15) is 6.04 Å². The van der Waals surface area contributed by atoms with Gasteiger partial charge in [-0.25, -0.2) is 4.79 Å². The number of rotatable bonds is 3. The largest absolute Gasteiger partial charge is 0.468 e. The number of carbonyl (C=O) groups excluding carboxylic acids is 2. The fourth-order valence-corrected chi connectivity index (χ4v) is 4.24. The Kier molecular flexibility index (Phi) is 4.57. The number of hydrogen-bond acceptors (Lipinski definition) is 5. The van der Waals surface area contributed by atoms with E-state index in [2.05, 4.69) is 0 Å². The number of piperidine rings is 1. The number of carbonyl (C=O) groups is 2. The van der Waals surface area contributed by atoms with E-state index in [1.807, 2.05) is 23.1 Å². The molecule has 0 amide bonds. The van der Waals surface area contributed by atoms with Crippen molar-refractivity contribution in [1.29, 1.82) is 0 Å². The molecule has 1 saturated heterocycles. The Labute approximate surface area is 138 Å². The van der Waals surface area contributed by atoms with Crippen molar-refractivity contribution < 1.29 is 14.3 Å². The number of ether oxygens (including phenoxy) is 1. The minimum atomic E-state index is -0.541. The average Bonchev–Trinajstić information content (AvgIpc) is 2.88. The number of halogens is 1. The van der Waals surface area contributed by atoms with Gasteiger partial charge in [-0.05, 0) is 29.7 Å². The summed E-state index contributed by atoms with van der Waals surface area (Å²) in [5.74, 6) is -0.330. The molecule has 2 heterocycles. The number of benzene rings is 1. The second kappa shape index (κ2) is 6.44. The molecule has 0 aromatic heterocycles. The zero-order valence-electron chi connectivity index (χ0n) is 12.1. The van der Waals surface area contributed by atoms with Crippen LogP contribution in [-0.2, 0) is 14.3 Å². The first-order valence-corrected chi connectivity index (χ1v) is 8.33. The molecule has 22 heavy (non-hydrogen) atoms. The highest BCUT2D eigenvalue weighted by molar-refractivity contribution is 8.15. The first-order chi connectivity index (χ1) is 10.6. The molecule has 2 aliphatic rings. The molecule has 116 valence electrons. The van der Waals surface area contributed by atoms with E-state index in [1.165, 1.54) is 18.9 Å². The van der Waals surface area contributed by atoms with Gasteiger partial charge in [0.2, 0.25) is 5.12 Å². The second-order valence-electron chi connectivity index (χ2n) is 5.35. The van der Waals surface area contributed by atoms with Gasteiger partial charge in [-0.15, -0.1) is 0 Å². The molecule has 0 radical (unpaired) electrons. The van der Waals surface area contributed by atoms with E-state index in [0.29, 0.717) is 11.6 Å². The summed E-state index contributed by atoms with van der Waals surface area (Å²) in [5.41, 5.74) is 1.83. The Hall–Kier alpha value is -1.30. The maximum atomic E-state index is 12.3. The summed E-state index contributed by atoms with van der Waals surface area (Å²) in [6.07, 6.45) is 2.54. The number of esters is 1. The molecule has 0 saturated carbocycles. The summed E-state index contributed by atoms with van der Waals surface area (Å²) in [6.45, 7) is 1.32. The van der Waals surface area contributed by atoms with Crippen molar-refractivity contribution in [3.05, 3.63) is 46.5 Å². The topological polar surface area (TPSA) is 46.6 Å². The minimum absolute atomic E-state index is 0.106. The van der Waals surface area contributed by atoms with Crippen LogP contribution in [0.25, 0.3) is 0 Å². The van der Waals surface area contributed by atoms with E-state index in [0.717, 1.165) is 24.1 Å².